The summed E-state index contributed by atoms with van der Waals surface area (Å²) in [7, 11) is 1.81. The number of rotatable bonds is 0. The molecule has 3 heteroatoms. The van der Waals surface area contributed by atoms with Crippen molar-refractivity contribution < 1.29 is 0 Å². The number of thiocarbonyl (C=S) groups is 1. The van der Waals surface area contributed by atoms with Crippen LogP contribution >= 0.6 is 36.2 Å². The Bertz CT molecular complexity index is 46.1. The second-order valence-corrected chi connectivity index (χ2v) is 1.42. The van der Waals surface area contributed by atoms with E-state index in [1.165, 1.54) is 0 Å². The molecule has 0 unspecified atom stereocenters. The summed E-state index contributed by atoms with van der Waals surface area (Å²) in [5, 5.41) is 2.76. The first-order valence-corrected chi connectivity index (χ1v) is 1.86. The summed E-state index contributed by atoms with van der Waals surface area (Å²) < 4.78 is 0. The first-order chi connectivity index (χ1) is 2.27. The van der Waals surface area contributed by atoms with Crippen molar-refractivity contribution in [1.82, 2.24) is 5.32 Å². The average Bonchev–Trinajstić information content (AvgIpc) is 1.38. The SMILES string of the molecule is CNC(C)=S.I. The van der Waals surface area contributed by atoms with Crippen LogP contribution in [0.3, 0.4) is 0 Å². The van der Waals surface area contributed by atoms with Gasteiger partial charge in [-0.25, -0.2) is 0 Å². The zero-order chi connectivity index (χ0) is 4.28. The van der Waals surface area contributed by atoms with Crippen molar-refractivity contribution in [2.45, 2.75) is 6.92 Å². The molecule has 0 fully saturated rings. The van der Waals surface area contributed by atoms with Crippen molar-refractivity contribution >= 4 is 41.2 Å². The van der Waals surface area contributed by atoms with Gasteiger partial charge in [0.1, 0.15) is 0 Å². The van der Waals surface area contributed by atoms with E-state index in [1.54, 1.807) is 0 Å². The molecule has 0 aliphatic heterocycles. The van der Waals surface area contributed by atoms with Crippen LogP contribution in [0, 0.1) is 0 Å². The number of halogens is 1. The quantitative estimate of drug-likeness (QED) is 0.483. The maximum atomic E-state index is 4.59. The molecule has 0 bridgehead atoms. The maximum Gasteiger partial charge on any atom is 0.0719 e. The van der Waals surface area contributed by atoms with Crippen LogP contribution in [0.4, 0.5) is 0 Å². The van der Waals surface area contributed by atoms with Gasteiger partial charge >= 0.3 is 0 Å². The summed E-state index contributed by atoms with van der Waals surface area (Å²) >= 11 is 4.59. The van der Waals surface area contributed by atoms with Crippen LogP contribution in [0.5, 0.6) is 0 Å². The molecule has 0 atom stereocenters. The van der Waals surface area contributed by atoms with E-state index in [4.69, 9.17) is 0 Å². The second kappa shape index (κ2) is 5.62. The molecule has 38 valence electrons. The molecular formula is C3H8INS. The smallest absolute Gasteiger partial charge is 0.0719 e. The summed E-state index contributed by atoms with van der Waals surface area (Å²) in [5.41, 5.74) is 0. The first-order valence-electron chi connectivity index (χ1n) is 1.45. The van der Waals surface area contributed by atoms with Crippen molar-refractivity contribution in [3.8, 4) is 0 Å². The van der Waals surface area contributed by atoms with Gasteiger partial charge in [0.2, 0.25) is 0 Å². The Kier molecular flexibility index (Phi) is 9.18. The third-order valence-corrected chi connectivity index (χ3v) is 0.556. The first kappa shape index (κ1) is 9.80. The molecule has 0 aliphatic rings. The van der Waals surface area contributed by atoms with E-state index in [2.05, 4.69) is 17.5 Å². The number of nitrogens with one attached hydrogen (secondary N) is 1. The third kappa shape index (κ3) is 8.82. The van der Waals surface area contributed by atoms with Crippen LogP contribution in [0.25, 0.3) is 0 Å². The summed E-state index contributed by atoms with van der Waals surface area (Å²) in [6.45, 7) is 1.84. The minimum absolute atomic E-state index is 0. The van der Waals surface area contributed by atoms with Gasteiger partial charge in [0, 0.05) is 7.05 Å². The highest BCUT2D eigenvalue weighted by Crippen LogP contribution is 1.56. The average molecular weight is 217 g/mol. The summed E-state index contributed by atoms with van der Waals surface area (Å²) in [4.78, 5) is 0.838. The topological polar surface area (TPSA) is 12.0 Å². The van der Waals surface area contributed by atoms with Crippen LogP contribution in [-0.4, -0.2) is 12.0 Å². The van der Waals surface area contributed by atoms with Crippen LogP contribution in [0.2, 0.25) is 0 Å². The van der Waals surface area contributed by atoms with Gasteiger partial charge in [-0.3, -0.25) is 0 Å². The number of hydrogen-bond donors (Lipinski definition) is 1. The Labute approximate surface area is 60.5 Å². The van der Waals surface area contributed by atoms with E-state index in [-0.39, 0.29) is 24.0 Å². The van der Waals surface area contributed by atoms with Gasteiger partial charge in [-0.05, 0) is 6.92 Å². The standard InChI is InChI=1S/C3H7NS.HI/c1-3(5)4-2;/h1-2H3,(H,4,5);1H. The van der Waals surface area contributed by atoms with Gasteiger partial charge in [0.15, 0.2) is 0 Å². The van der Waals surface area contributed by atoms with E-state index in [0.717, 1.165) is 4.99 Å². The van der Waals surface area contributed by atoms with Crippen LogP contribution in [0.1, 0.15) is 6.92 Å². The predicted octanol–water partition coefficient (Wildman–Crippen LogP) is 1.17. The molecule has 0 amide bonds. The normalized spacial score (nSPS) is 5.67. The molecular weight excluding hydrogens is 209 g/mol. The van der Waals surface area contributed by atoms with Crippen molar-refractivity contribution in [1.29, 1.82) is 0 Å². The molecule has 0 saturated carbocycles. The highest BCUT2D eigenvalue weighted by Gasteiger charge is 1.66. The van der Waals surface area contributed by atoms with E-state index in [0.29, 0.717) is 0 Å². The molecule has 0 aromatic rings. The molecule has 1 nitrogen and oxygen atoms in total. The Morgan fingerprint density at radius 3 is 1.83 bits per heavy atom. The molecule has 0 saturated heterocycles. The van der Waals surface area contributed by atoms with Gasteiger partial charge in [0.25, 0.3) is 0 Å². The van der Waals surface area contributed by atoms with Gasteiger partial charge in [0.05, 0.1) is 4.99 Å². The monoisotopic (exact) mass is 217 g/mol. The molecule has 0 spiro atoms. The minimum Gasteiger partial charge on any atom is -0.383 e. The molecule has 6 heavy (non-hydrogen) atoms. The van der Waals surface area contributed by atoms with Crippen molar-refractivity contribution in [2.24, 2.45) is 0 Å². The molecule has 1 N–H and O–H groups in total. The Morgan fingerprint density at radius 2 is 1.83 bits per heavy atom. The van der Waals surface area contributed by atoms with Crippen LogP contribution in [-0.2, 0) is 0 Å². The summed E-state index contributed by atoms with van der Waals surface area (Å²) in [6.07, 6.45) is 0. The predicted molar refractivity (Wildman–Crippen MR) is 42.7 cm³/mol. The minimum atomic E-state index is 0. The molecule has 0 radical (unpaired) electrons. The molecule has 0 aliphatic carbocycles. The highest BCUT2D eigenvalue weighted by molar-refractivity contribution is 14.0. The lowest BCUT2D eigenvalue weighted by atomic mass is 10.8. The summed E-state index contributed by atoms with van der Waals surface area (Å²) in [6, 6.07) is 0. The van der Waals surface area contributed by atoms with Crippen LogP contribution < -0.4 is 5.32 Å². The number of hydrogen-bond acceptors (Lipinski definition) is 1. The Morgan fingerprint density at radius 1 is 1.67 bits per heavy atom. The van der Waals surface area contributed by atoms with Crippen LogP contribution in [0.15, 0.2) is 0 Å². The van der Waals surface area contributed by atoms with E-state index in [1.807, 2.05) is 14.0 Å². The Balaban J connectivity index is 0. The van der Waals surface area contributed by atoms with Gasteiger partial charge in [-0.1, -0.05) is 12.2 Å². The van der Waals surface area contributed by atoms with Crippen molar-refractivity contribution in [3.05, 3.63) is 0 Å². The largest absolute Gasteiger partial charge is 0.383 e. The third-order valence-electron chi connectivity index (χ3n) is 0.352. The van der Waals surface area contributed by atoms with Gasteiger partial charge in [-0.15, -0.1) is 24.0 Å². The lowest BCUT2D eigenvalue weighted by Crippen LogP contribution is -2.09. The van der Waals surface area contributed by atoms with Gasteiger partial charge in [-0.2, -0.15) is 0 Å². The lowest BCUT2D eigenvalue weighted by Gasteiger charge is -1.84. The molecule has 0 aromatic heterocycles. The van der Waals surface area contributed by atoms with E-state index in [9.17, 15) is 0 Å². The zero-order valence-corrected chi connectivity index (χ0v) is 6.96. The van der Waals surface area contributed by atoms with Crippen molar-refractivity contribution in [2.75, 3.05) is 7.05 Å². The maximum absolute atomic E-state index is 4.59. The van der Waals surface area contributed by atoms with Crippen molar-refractivity contribution in [3.63, 3.8) is 0 Å². The van der Waals surface area contributed by atoms with E-state index < -0.39 is 0 Å². The fourth-order valence-corrected chi connectivity index (χ4v) is 0. The lowest BCUT2D eigenvalue weighted by molar-refractivity contribution is 1.20. The fraction of sp³-hybridized carbons (Fsp3) is 0.667. The Hall–Kier alpha value is 0.620. The molecule has 0 rings (SSSR count). The van der Waals surface area contributed by atoms with Gasteiger partial charge < -0.3 is 5.32 Å². The van der Waals surface area contributed by atoms with E-state index >= 15 is 0 Å². The summed E-state index contributed by atoms with van der Waals surface area (Å²) in [5.74, 6) is 0. The highest BCUT2D eigenvalue weighted by atomic mass is 127. The fourth-order valence-electron chi connectivity index (χ4n) is 0. The molecule has 0 heterocycles. The molecule has 0 aromatic carbocycles. The second-order valence-electron chi connectivity index (χ2n) is 0.806. The zero-order valence-electron chi connectivity index (χ0n) is 3.82.